The van der Waals surface area contributed by atoms with Crippen LogP contribution in [0.2, 0.25) is 0 Å². The third kappa shape index (κ3) is 6.17. The molecule has 0 fully saturated rings. The van der Waals surface area contributed by atoms with E-state index in [1.54, 1.807) is 13.0 Å². The van der Waals surface area contributed by atoms with Crippen molar-refractivity contribution in [2.75, 3.05) is 50.2 Å². The van der Waals surface area contributed by atoms with Crippen LogP contribution in [0, 0.1) is 0 Å². The number of fused-ring (bicyclic) bond motifs is 1. The van der Waals surface area contributed by atoms with E-state index < -0.39 is 43.0 Å². The van der Waals surface area contributed by atoms with E-state index in [1.807, 2.05) is 0 Å². The Bertz CT molecular complexity index is 772. The summed E-state index contributed by atoms with van der Waals surface area (Å²) in [5.41, 5.74) is 0.0509. The first-order chi connectivity index (χ1) is 14.2. The number of nitrogens with zero attached hydrogens (tertiary/aromatic N) is 2. The minimum Gasteiger partial charge on any atom is -0.465 e. The number of carbonyl (C=O) groups excluding carboxylic acids is 3. The first-order valence-electron chi connectivity index (χ1n) is 9.32. The summed E-state index contributed by atoms with van der Waals surface area (Å²) < 4.78 is 51.1. The van der Waals surface area contributed by atoms with Crippen molar-refractivity contribution in [1.29, 1.82) is 0 Å². The molecule has 0 spiro atoms. The van der Waals surface area contributed by atoms with Crippen molar-refractivity contribution in [1.82, 2.24) is 4.90 Å². The third-order valence-corrected chi connectivity index (χ3v) is 4.40. The number of nitrogens with one attached hydrogen (secondary N) is 1. The van der Waals surface area contributed by atoms with E-state index in [0.717, 1.165) is 0 Å². The minimum absolute atomic E-state index is 0.0569. The highest BCUT2D eigenvalue weighted by molar-refractivity contribution is 6.05. The number of anilines is 2. The molecular weight excluding hydrogens is 407 g/mol. The topological polar surface area (TPSA) is 88.2 Å². The lowest BCUT2D eigenvalue weighted by Gasteiger charge is -2.33. The molecule has 2 rings (SSSR count). The second-order valence-corrected chi connectivity index (χ2v) is 6.60. The normalized spacial score (nSPS) is 16.7. The zero-order valence-corrected chi connectivity index (χ0v) is 16.7. The molecule has 1 aromatic rings. The number of amides is 2. The maximum absolute atomic E-state index is 13.8. The summed E-state index contributed by atoms with van der Waals surface area (Å²) >= 11 is 0. The molecule has 1 N–H and O–H groups in total. The lowest BCUT2D eigenvalue weighted by Crippen LogP contribution is -2.53. The Morgan fingerprint density at radius 2 is 1.97 bits per heavy atom. The van der Waals surface area contributed by atoms with Crippen molar-refractivity contribution in [3.05, 3.63) is 24.3 Å². The van der Waals surface area contributed by atoms with E-state index in [9.17, 15) is 27.6 Å². The Balaban J connectivity index is 2.35. The molecule has 1 atom stereocenters. The Morgan fingerprint density at radius 1 is 1.27 bits per heavy atom. The van der Waals surface area contributed by atoms with Crippen molar-refractivity contribution >= 4 is 29.2 Å². The molecule has 1 unspecified atom stereocenters. The van der Waals surface area contributed by atoms with E-state index in [0.29, 0.717) is 4.90 Å². The SMILES string of the molecule is CCOC(=O)CN(CCOC)CC(=O)N1c2ccccc2NC(=O)CC1C(F)(F)F. The average molecular weight is 431 g/mol. The van der Waals surface area contributed by atoms with Gasteiger partial charge in [-0.2, -0.15) is 13.2 Å². The zero-order chi connectivity index (χ0) is 22.3. The molecule has 1 aromatic carbocycles. The van der Waals surface area contributed by atoms with Crippen LogP contribution >= 0.6 is 0 Å². The van der Waals surface area contributed by atoms with Crippen LogP contribution in [0.15, 0.2) is 24.3 Å². The first-order valence-corrected chi connectivity index (χ1v) is 9.32. The zero-order valence-electron chi connectivity index (χ0n) is 16.7. The minimum atomic E-state index is -4.83. The maximum Gasteiger partial charge on any atom is 0.409 e. The van der Waals surface area contributed by atoms with Crippen LogP contribution in [0.3, 0.4) is 0 Å². The number of para-hydroxylation sites is 2. The fourth-order valence-corrected chi connectivity index (χ4v) is 3.09. The van der Waals surface area contributed by atoms with Crippen LogP contribution in [-0.2, 0) is 23.9 Å². The van der Waals surface area contributed by atoms with E-state index in [2.05, 4.69) is 5.32 Å². The molecule has 1 aliphatic heterocycles. The third-order valence-electron chi connectivity index (χ3n) is 4.40. The maximum atomic E-state index is 13.8. The number of hydrogen-bond acceptors (Lipinski definition) is 6. The van der Waals surface area contributed by atoms with E-state index in [4.69, 9.17) is 9.47 Å². The number of halogens is 3. The van der Waals surface area contributed by atoms with Crippen LogP contribution < -0.4 is 10.2 Å². The molecule has 30 heavy (non-hydrogen) atoms. The molecular formula is C19H24F3N3O5. The standard InChI is InChI=1S/C19H24F3N3O5/c1-3-30-18(28)12-24(8-9-29-2)11-17(27)25-14-7-5-4-6-13(14)23-16(26)10-15(25)19(20,21)22/h4-7,15H,3,8-12H2,1-2H3,(H,23,26). The summed E-state index contributed by atoms with van der Waals surface area (Å²) in [7, 11) is 1.42. The lowest BCUT2D eigenvalue weighted by molar-refractivity contribution is -0.158. The Kier molecular flexibility index (Phi) is 8.18. The van der Waals surface area contributed by atoms with Crippen molar-refractivity contribution in [2.45, 2.75) is 25.6 Å². The molecule has 0 aromatic heterocycles. The molecule has 8 nitrogen and oxygen atoms in total. The predicted molar refractivity (Wildman–Crippen MR) is 102 cm³/mol. The smallest absolute Gasteiger partial charge is 0.409 e. The largest absolute Gasteiger partial charge is 0.465 e. The quantitative estimate of drug-likeness (QED) is 0.632. The number of alkyl halides is 3. The van der Waals surface area contributed by atoms with Crippen molar-refractivity contribution in [2.24, 2.45) is 0 Å². The van der Waals surface area contributed by atoms with Gasteiger partial charge in [-0.05, 0) is 19.1 Å². The fourth-order valence-electron chi connectivity index (χ4n) is 3.09. The molecule has 1 heterocycles. The van der Waals surface area contributed by atoms with Gasteiger partial charge in [0.25, 0.3) is 0 Å². The van der Waals surface area contributed by atoms with Crippen LogP contribution in [0.5, 0.6) is 0 Å². The molecule has 0 saturated heterocycles. The van der Waals surface area contributed by atoms with Gasteiger partial charge in [0.15, 0.2) is 0 Å². The molecule has 11 heteroatoms. The van der Waals surface area contributed by atoms with Crippen LogP contribution in [0.1, 0.15) is 13.3 Å². The van der Waals surface area contributed by atoms with E-state index in [1.165, 1.54) is 30.2 Å². The highest BCUT2D eigenvalue weighted by Gasteiger charge is 2.49. The average Bonchev–Trinajstić information content (AvgIpc) is 2.81. The van der Waals surface area contributed by atoms with Gasteiger partial charge in [-0.3, -0.25) is 24.2 Å². The summed E-state index contributed by atoms with van der Waals surface area (Å²) in [4.78, 5) is 38.8. The van der Waals surface area contributed by atoms with Crippen molar-refractivity contribution in [3.63, 3.8) is 0 Å². The second-order valence-electron chi connectivity index (χ2n) is 6.60. The summed E-state index contributed by atoms with van der Waals surface area (Å²) in [5.74, 6) is -2.36. The number of ether oxygens (including phenoxy) is 2. The van der Waals surface area contributed by atoms with Crippen LogP contribution in [-0.4, -0.2) is 74.9 Å². The number of hydrogen-bond donors (Lipinski definition) is 1. The summed E-state index contributed by atoms with van der Waals surface area (Å²) in [6.07, 6.45) is -5.76. The molecule has 2 amide bonds. The molecule has 0 saturated carbocycles. The molecule has 0 aliphatic carbocycles. The van der Waals surface area contributed by atoms with Crippen LogP contribution in [0.25, 0.3) is 0 Å². The molecule has 1 aliphatic rings. The molecule has 0 bridgehead atoms. The lowest BCUT2D eigenvalue weighted by atomic mass is 10.1. The van der Waals surface area contributed by atoms with Gasteiger partial charge in [0.05, 0.1) is 44.1 Å². The van der Waals surface area contributed by atoms with Crippen molar-refractivity contribution < 1.29 is 37.0 Å². The number of carbonyl (C=O) groups is 3. The van der Waals surface area contributed by atoms with Crippen molar-refractivity contribution in [3.8, 4) is 0 Å². The number of rotatable bonds is 8. The summed E-state index contributed by atoms with van der Waals surface area (Å²) in [5, 5.41) is 2.41. The molecule has 0 radical (unpaired) electrons. The molecule has 166 valence electrons. The first kappa shape index (κ1) is 23.6. The number of methoxy groups -OCH3 is 1. The second kappa shape index (κ2) is 10.4. The van der Waals surface area contributed by atoms with Gasteiger partial charge >= 0.3 is 12.1 Å². The predicted octanol–water partition coefficient (Wildman–Crippen LogP) is 1.80. The Hall–Kier alpha value is -2.66. The summed E-state index contributed by atoms with van der Waals surface area (Å²) in [6, 6.07) is 3.45. The summed E-state index contributed by atoms with van der Waals surface area (Å²) in [6.45, 7) is 1.27. The highest BCUT2D eigenvalue weighted by Crippen LogP contribution is 2.37. The monoisotopic (exact) mass is 431 g/mol. The van der Waals surface area contributed by atoms with E-state index >= 15 is 0 Å². The van der Waals surface area contributed by atoms with Gasteiger partial charge in [0.2, 0.25) is 11.8 Å². The van der Waals surface area contributed by atoms with Gasteiger partial charge in [-0.25, -0.2) is 0 Å². The highest BCUT2D eigenvalue weighted by atomic mass is 19.4. The van der Waals surface area contributed by atoms with Crippen LogP contribution in [0.4, 0.5) is 24.5 Å². The van der Waals surface area contributed by atoms with E-state index in [-0.39, 0.29) is 37.7 Å². The number of benzene rings is 1. The van der Waals surface area contributed by atoms with Gasteiger partial charge in [-0.15, -0.1) is 0 Å². The Morgan fingerprint density at radius 3 is 2.60 bits per heavy atom. The number of esters is 1. The Labute approximate surface area is 171 Å². The fraction of sp³-hybridized carbons (Fsp3) is 0.526. The van der Waals surface area contributed by atoms with Gasteiger partial charge in [0.1, 0.15) is 6.04 Å². The van der Waals surface area contributed by atoms with Gasteiger partial charge in [0, 0.05) is 13.7 Å². The van der Waals surface area contributed by atoms with Gasteiger partial charge < -0.3 is 14.8 Å². The van der Waals surface area contributed by atoms with Gasteiger partial charge in [-0.1, -0.05) is 12.1 Å².